The number of aliphatic hydroxyl groups excluding tert-OH is 1. The second kappa shape index (κ2) is 4.81. The summed E-state index contributed by atoms with van der Waals surface area (Å²) in [7, 11) is 0. The maximum Gasteiger partial charge on any atom is 0.161 e. The third kappa shape index (κ3) is 1.86. The largest absolute Gasteiger partial charge is 0.389 e. The number of benzene rings is 2. The van der Waals surface area contributed by atoms with Crippen molar-refractivity contribution in [3.05, 3.63) is 70.8 Å². The van der Waals surface area contributed by atoms with Crippen LogP contribution in [0.5, 0.6) is 0 Å². The Labute approximate surface area is 124 Å². The van der Waals surface area contributed by atoms with Crippen molar-refractivity contribution in [1.82, 2.24) is 0 Å². The number of aliphatic hydroxyl groups is 1. The van der Waals surface area contributed by atoms with Gasteiger partial charge in [0.05, 0.1) is 0 Å². The van der Waals surface area contributed by atoms with Gasteiger partial charge in [-0.2, -0.15) is 0 Å². The van der Waals surface area contributed by atoms with Crippen LogP contribution in [-0.4, -0.2) is 17.5 Å². The molecule has 3 unspecified atom stereocenters. The topological polar surface area (TPSA) is 37.3 Å². The van der Waals surface area contributed by atoms with E-state index in [0.717, 1.165) is 12.8 Å². The van der Waals surface area contributed by atoms with Crippen molar-refractivity contribution in [3.8, 4) is 0 Å². The van der Waals surface area contributed by atoms with Gasteiger partial charge in [-0.3, -0.25) is 4.79 Å². The van der Waals surface area contributed by atoms with E-state index < -0.39 is 0 Å². The van der Waals surface area contributed by atoms with Gasteiger partial charge in [-0.25, -0.2) is 0 Å². The van der Waals surface area contributed by atoms with Gasteiger partial charge in [-0.1, -0.05) is 48.5 Å². The van der Waals surface area contributed by atoms with Gasteiger partial charge < -0.3 is 5.11 Å². The van der Waals surface area contributed by atoms with E-state index in [0.29, 0.717) is 0 Å². The molecule has 0 saturated heterocycles. The maximum atomic E-state index is 12.2. The molecule has 2 heteroatoms. The highest BCUT2D eigenvalue weighted by molar-refractivity contribution is 5.84. The van der Waals surface area contributed by atoms with Gasteiger partial charge in [0, 0.05) is 11.8 Å². The van der Waals surface area contributed by atoms with Crippen molar-refractivity contribution in [2.24, 2.45) is 5.92 Å². The molecule has 5 rings (SSSR count). The zero-order chi connectivity index (χ0) is 14.4. The Morgan fingerprint density at radius 2 is 1.67 bits per heavy atom. The van der Waals surface area contributed by atoms with Crippen molar-refractivity contribution in [2.45, 2.75) is 24.7 Å². The van der Waals surface area contributed by atoms with E-state index in [1.807, 2.05) is 0 Å². The lowest BCUT2D eigenvalue weighted by atomic mass is 9.69. The number of carbonyl (C=O) groups excluding carboxylic acids is 1. The number of rotatable bonds is 2. The summed E-state index contributed by atoms with van der Waals surface area (Å²) >= 11 is 0. The van der Waals surface area contributed by atoms with Crippen LogP contribution in [0.2, 0.25) is 0 Å². The monoisotopic (exact) mass is 278 g/mol. The molecule has 2 bridgehead atoms. The van der Waals surface area contributed by atoms with Gasteiger partial charge in [-0.15, -0.1) is 0 Å². The normalized spacial score (nSPS) is 25.9. The van der Waals surface area contributed by atoms with E-state index in [9.17, 15) is 9.90 Å². The molecular formula is C19H18O2. The SMILES string of the molecule is O=C(CO)C1CC2c3ccccc3CC1c1ccccc12. The maximum absolute atomic E-state index is 12.2. The molecule has 0 fully saturated rings. The van der Waals surface area contributed by atoms with Crippen LogP contribution in [-0.2, 0) is 11.2 Å². The summed E-state index contributed by atoms with van der Waals surface area (Å²) in [4.78, 5) is 12.2. The molecule has 2 aromatic rings. The molecule has 0 heterocycles. The minimum atomic E-state index is -0.341. The highest BCUT2D eigenvalue weighted by atomic mass is 16.3. The summed E-state index contributed by atoms with van der Waals surface area (Å²) < 4.78 is 0. The molecule has 106 valence electrons. The predicted octanol–water partition coefficient (Wildman–Crippen LogP) is 3.04. The van der Waals surface area contributed by atoms with Gasteiger partial charge in [0.15, 0.2) is 5.78 Å². The standard InChI is InChI=1S/C19H18O2/c20-11-19(21)18-10-17-13-6-2-1-5-12(13)9-16(18)14-7-3-4-8-15(14)17/h1-8,16-18,20H,9-11H2. The molecule has 21 heavy (non-hydrogen) atoms. The van der Waals surface area contributed by atoms with Gasteiger partial charge in [0.1, 0.15) is 6.61 Å². The molecule has 2 nitrogen and oxygen atoms in total. The lowest BCUT2D eigenvalue weighted by molar-refractivity contribution is -0.126. The number of fused-ring (bicyclic) bond motifs is 1. The first-order valence-electron chi connectivity index (χ1n) is 7.59. The number of hydrogen-bond acceptors (Lipinski definition) is 2. The van der Waals surface area contributed by atoms with E-state index in [1.54, 1.807) is 0 Å². The van der Waals surface area contributed by atoms with Gasteiger partial charge >= 0.3 is 0 Å². The number of Topliss-reactive ketones (excluding diaryl/α,β-unsaturated/α-hetero) is 1. The first-order chi connectivity index (χ1) is 10.3. The third-order valence-electron chi connectivity index (χ3n) is 5.19. The number of carbonyl (C=O) groups is 1. The number of ketones is 1. The average molecular weight is 278 g/mol. The Kier molecular flexibility index (Phi) is 2.93. The first-order valence-corrected chi connectivity index (χ1v) is 7.59. The molecule has 0 radical (unpaired) electrons. The van der Waals surface area contributed by atoms with Gasteiger partial charge in [-0.05, 0) is 41.0 Å². The highest BCUT2D eigenvalue weighted by Gasteiger charge is 2.42. The van der Waals surface area contributed by atoms with Gasteiger partial charge in [0.2, 0.25) is 0 Å². The van der Waals surface area contributed by atoms with Gasteiger partial charge in [0.25, 0.3) is 0 Å². The van der Waals surface area contributed by atoms with Crippen molar-refractivity contribution < 1.29 is 9.90 Å². The molecule has 3 atom stereocenters. The Morgan fingerprint density at radius 1 is 1.00 bits per heavy atom. The Bertz CT molecular complexity index is 704. The van der Waals surface area contributed by atoms with Crippen LogP contribution in [0.1, 0.15) is 40.5 Å². The lowest BCUT2D eigenvalue weighted by Crippen LogP contribution is -2.30. The zero-order valence-electron chi connectivity index (χ0n) is 11.8. The predicted molar refractivity (Wildman–Crippen MR) is 81.4 cm³/mol. The van der Waals surface area contributed by atoms with Crippen LogP contribution in [0.25, 0.3) is 0 Å². The minimum absolute atomic E-state index is 0.00712. The lowest BCUT2D eigenvalue weighted by Gasteiger charge is -2.34. The summed E-state index contributed by atoms with van der Waals surface area (Å²) in [6, 6.07) is 17.1. The average Bonchev–Trinajstić information content (AvgIpc) is 2.79. The van der Waals surface area contributed by atoms with Crippen molar-refractivity contribution in [3.63, 3.8) is 0 Å². The second-order valence-electron chi connectivity index (χ2n) is 6.16. The Hall–Kier alpha value is -1.93. The van der Waals surface area contributed by atoms with E-state index in [1.165, 1.54) is 22.3 Å². The minimum Gasteiger partial charge on any atom is -0.389 e. The van der Waals surface area contributed by atoms with Crippen molar-refractivity contribution in [1.29, 1.82) is 0 Å². The Morgan fingerprint density at radius 3 is 2.43 bits per heavy atom. The van der Waals surface area contributed by atoms with Crippen LogP contribution >= 0.6 is 0 Å². The van der Waals surface area contributed by atoms with Crippen LogP contribution in [0, 0.1) is 5.92 Å². The van der Waals surface area contributed by atoms with Crippen molar-refractivity contribution in [2.75, 3.05) is 6.61 Å². The molecule has 0 aromatic heterocycles. The van der Waals surface area contributed by atoms with Crippen LogP contribution < -0.4 is 0 Å². The van der Waals surface area contributed by atoms with E-state index in [-0.39, 0.29) is 30.1 Å². The molecule has 3 aliphatic carbocycles. The molecule has 0 amide bonds. The summed E-state index contributed by atoms with van der Waals surface area (Å²) in [6.45, 7) is -0.341. The highest BCUT2D eigenvalue weighted by Crippen LogP contribution is 2.51. The molecule has 0 aliphatic heterocycles. The second-order valence-corrected chi connectivity index (χ2v) is 6.16. The first kappa shape index (κ1) is 12.8. The molecule has 0 spiro atoms. The Balaban J connectivity index is 1.93. The summed E-state index contributed by atoms with van der Waals surface area (Å²) in [5, 5.41) is 9.32. The quantitative estimate of drug-likeness (QED) is 0.916. The summed E-state index contributed by atoms with van der Waals surface area (Å²) in [5.74, 6) is 0.437. The zero-order valence-corrected chi connectivity index (χ0v) is 11.8. The van der Waals surface area contributed by atoms with E-state index >= 15 is 0 Å². The van der Waals surface area contributed by atoms with Crippen molar-refractivity contribution >= 4 is 5.78 Å². The summed E-state index contributed by atoms with van der Waals surface area (Å²) in [5.41, 5.74) is 5.39. The molecule has 2 aromatic carbocycles. The molecule has 0 saturated carbocycles. The van der Waals surface area contributed by atoms with Crippen LogP contribution in [0.15, 0.2) is 48.5 Å². The molecular weight excluding hydrogens is 260 g/mol. The van der Waals surface area contributed by atoms with E-state index in [2.05, 4.69) is 48.5 Å². The van der Waals surface area contributed by atoms with Crippen LogP contribution in [0.3, 0.4) is 0 Å². The molecule has 3 aliphatic rings. The van der Waals surface area contributed by atoms with Crippen LogP contribution in [0.4, 0.5) is 0 Å². The summed E-state index contributed by atoms with van der Waals surface area (Å²) in [6.07, 6.45) is 1.73. The number of hydrogen-bond donors (Lipinski definition) is 1. The van der Waals surface area contributed by atoms with E-state index in [4.69, 9.17) is 0 Å². The fraction of sp³-hybridized carbons (Fsp3) is 0.316. The fourth-order valence-electron chi connectivity index (χ4n) is 4.24. The fourth-order valence-corrected chi connectivity index (χ4v) is 4.24. The smallest absolute Gasteiger partial charge is 0.161 e. The third-order valence-corrected chi connectivity index (χ3v) is 5.19. The molecule has 1 N–H and O–H groups in total.